The molecule has 1 saturated heterocycles. The monoisotopic (exact) mass is 262 g/mol. The zero-order valence-electron chi connectivity index (χ0n) is 12.6. The van der Waals surface area contributed by atoms with Gasteiger partial charge >= 0.3 is 0 Å². The van der Waals surface area contributed by atoms with Gasteiger partial charge in [0.2, 0.25) is 0 Å². The standard InChI is InChI=1S/C16H26N2O/c1-12-5-6-15(14(9-12)7-8-17)18-10-13(2)19-16(3,4)11-18/h5-6,9,13H,7-8,10-11,17H2,1-4H3. The second-order valence-corrected chi connectivity index (χ2v) is 6.24. The van der Waals surface area contributed by atoms with E-state index in [1.165, 1.54) is 16.8 Å². The molecule has 1 fully saturated rings. The van der Waals surface area contributed by atoms with Gasteiger partial charge in [0, 0.05) is 18.8 Å². The number of nitrogens with two attached hydrogens (primary N) is 1. The van der Waals surface area contributed by atoms with Crippen LogP contribution in [0.3, 0.4) is 0 Å². The Morgan fingerprint density at radius 3 is 2.79 bits per heavy atom. The maximum atomic E-state index is 5.98. The number of ether oxygens (including phenoxy) is 1. The van der Waals surface area contributed by atoms with Gasteiger partial charge in [-0.15, -0.1) is 0 Å². The van der Waals surface area contributed by atoms with Crippen LogP contribution in [-0.2, 0) is 11.2 Å². The molecule has 0 spiro atoms. The Hall–Kier alpha value is -1.06. The van der Waals surface area contributed by atoms with E-state index >= 15 is 0 Å². The lowest BCUT2D eigenvalue weighted by atomic mass is 10.0. The minimum atomic E-state index is -0.0947. The lowest BCUT2D eigenvalue weighted by molar-refractivity contribution is -0.0750. The number of aryl methyl sites for hydroxylation is 1. The summed E-state index contributed by atoms with van der Waals surface area (Å²) >= 11 is 0. The van der Waals surface area contributed by atoms with E-state index in [1.54, 1.807) is 0 Å². The van der Waals surface area contributed by atoms with Crippen LogP contribution in [0, 0.1) is 6.92 Å². The van der Waals surface area contributed by atoms with Crippen molar-refractivity contribution in [3.8, 4) is 0 Å². The summed E-state index contributed by atoms with van der Waals surface area (Å²) in [5, 5.41) is 0. The van der Waals surface area contributed by atoms with Crippen molar-refractivity contribution in [2.45, 2.75) is 45.8 Å². The molecule has 1 unspecified atom stereocenters. The van der Waals surface area contributed by atoms with Crippen LogP contribution in [0.15, 0.2) is 18.2 Å². The fraction of sp³-hybridized carbons (Fsp3) is 0.625. The summed E-state index contributed by atoms with van der Waals surface area (Å²) in [6.45, 7) is 11.2. The van der Waals surface area contributed by atoms with Crippen LogP contribution >= 0.6 is 0 Å². The summed E-state index contributed by atoms with van der Waals surface area (Å²) in [6.07, 6.45) is 1.19. The van der Waals surface area contributed by atoms with E-state index in [1.807, 2.05) is 0 Å². The molecule has 1 heterocycles. The zero-order valence-corrected chi connectivity index (χ0v) is 12.6. The van der Waals surface area contributed by atoms with Crippen LogP contribution in [0.5, 0.6) is 0 Å². The Kier molecular flexibility index (Phi) is 4.16. The van der Waals surface area contributed by atoms with E-state index in [2.05, 4.69) is 50.8 Å². The molecule has 0 aromatic heterocycles. The first kappa shape index (κ1) is 14.4. The van der Waals surface area contributed by atoms with Gasteiger partial charge < -0.3 is 15.4 Å². The molecule has 0 amide bonds. The smallest absolute Gasteiger partial charge is 0.0805 e. The Morgan fingerprint density at radius 2 is 2.16 bits per heavy atom. The number of nitrogens with zero attached hydrogens (tertiary/aromatic N) is 1. The minimum Gasteiger partial charge on any atom is -0.369 e. The second-order valence-electron chi connectivity index (χ2n) is 6.24. The highest BCUT2D eigenvalue weighted by molar-refractivity contribution is 5.56. The topological polar surface area (TPSA) is 38.5 Å². The van der Waals surface area contributed by atoms with Crippen LogP contribution in [-0.4, -0.2) is 31.3 Å². The first-order valence-electron chi connectivity index (χ1n) is 7.13. The molecular weight excluding hydrogens is 236 g/mol. The lowest BCUT2D eigenvalue weighted by Crippen LogP contribution is -2.52. The summed E-state index contributed by atoms with van der Waals surface area (Å²) in [4.78, 5) is 2.44. The van der Waals surface area contributed by atoms with Gasteiger partial charge in [0.25, 0.3) is 0 Å². The van der Waals surface area contributed by atoms with Gasteiger partial charge in [-0.2, -0.15) is 0 Å². The third kappa shape index (κ3) is 3.48. The van der Waals surface area contributed by atoms with Gasteiger partial charge in [0.1, 0.15) is 0 Å². The predicted molar refractivity (Wildman–Crippen MR) is 80.8 cm³/mol. The maximum Gasteiger partial charge on any atom is 0.0805 e. The minimum absolute atomic E-state index is 0.0947. The van der Waals surface area contributed by atoms with Crippen molar-refractivity contribution in [3.05, 3.63) is 29.3 Å². The lowest BCUT2D eigenvalue weighted by Gasteiger charge is -2.43. The number of rotatable bonds is 3. The molecule has 106 valence electrons. The van der Waals surface area contributed by atoms with Crippen LogP contribution < -0.4 is 10.6 Å². The van der Waals surface area contributed by atoms with E-state index in [9.17, 15) is 0 Å². The Labute approximate surface area is 116 Å². The largest absolute Gasteiger partial charge is 0.369 e. The highest BCUT2D eigenvalue weighted by atomic mass is 16.5. The maximum absolute atomic E-state index is 5.98. The molecule has 1 aliphatic heterocycles. The summed E-state index contributed by atoms with van der Waals surface area (Å²) in [7, 11) is 0. The fourth-order valence-electron chi connectivity index (χ4n) is 3.02. The van der Waals surface area contributed by atoms with Crippen molar-refractivity contribution in [3.63, 3.8) is 0 Å². The van der Waals surface area contributed by atoms with Crippen molar-refractivity contribution in [2.75, 3.05) is 24.5 Å². The summed E-state index contributed by atoms with van der Waals surface area (Å²) in [5.41, 5.74) is 9.62. The summed E-state index contributed by atoms with van der Waals surface area (Å²) in [6, 6.07) is 6.67. The first-order chi connectivity index (χ1) is 8.91. The van der Waals surface area contributed by atoms with Gasteiger partial charge in [0.05, 0.1) is 11.7 Å². The zero-order chi connectivity index (χ0) is 14.0. The molecule has 1 aromatic rings. The SMILES string of the molecule is Cc1ccc(N2CC(C)OC(C)(C)C2)c(CCN)c1. The Balaban J connectivity index is 2.30. The van der Waals surface area contributed by atoms with E-state index < -0.39 is 0 Å². The van der Waals surface area contributed by atoms with Crippen molar-refractivity contribution in [1.82, 2.24) is 0 Å². The van der Waals surface area contributed by atoms with Crippen molar-refractivity contribution in [2.24, 2.45) is 5.73 Å². The molecule has 19 heavy (non-hydrogen) atoms. The quantitative estimate of drug-likeness (QED) is 0.909. The van der Waals surface area contributed by atoms with Crippen LogP contribution in [0.1, 0.15) is 31.9 Å². The second kappa shape index (κ2) is 5.51. The Bertz CT molecular complexity index is 442. The molecular formula is C16H26N2O. The number of hydrogen-bond donors (Lipinski definition) is 1. The van der Waals surface area contributed by atoms with Gasteiger partial charge in [0.15, 0.2) is 0 Å². The molecule has 1 aliphatic rings. The van der Waals surface area contributed by atoms with E-state index in [4.69, 9.17) is 10.5 Å². The number of benzene rings is 1. The molecule has 0 aliphatic carbocycles. The van der Waals surface area contributed by atoms with Crippen LogP contribution in [0.25, 0.3) is 0 Å². The average Bonchev–Trinajstić information content (AvgIpc) is 2.26. The molecule has 3 nitrogen and oxygen atoms in total. The molecule has 0 radical (unpaired) electrons. The third-order valence-corrected chi connectivity index (χ3v) is 3.56. The molecule has 1 atom stereocenters. The van der Waals surface area contributed by atoms with Gasteiger partial charge in [-0.05, 0) is 52.3 Å². The van der Waals surface area contributed by atoms with Crippen LogP contribution in [0.2, 0.25) is 0 Å². The summed E-state index contributed by atoms with van der Waals surface area (Å²) in [5.74, 6) is 0. The fourth-order valence-corrected chi connectivity index (χ4v) is 3.02. The van der Waals surface area contributed by atoms with E-state index in [0.717, 1.165) is 19.5 Å². The number of hydrogen-bond acceptors (Lipinski definition) is 3. The van der Waals surface area contributed by atoms with Gasteiger partial charge in [-0.25, -0.2) is 0 Å². The molecule has 1 aromatic carbocycles. The normalized spacial score (nSPS) is 22.6. The Morgan fingerprint density at radius 1 is 1.42 bits per heavy atom. The highest BCUT2D eigenvalue weighted by Gasteiger charge is 2.32. The molecule has 2 rings (SSSR count). The highest BCUT2D eigenvalue weighted by Crippen LogP contribution is 2.29. The van der Waals surface area contributed by atoms with Crippen molar-refractivity contribution < 1.29 is 4.74 Å². The molecule has 0 saturated carbocycles. The molecule has 3 heteroatoms. The van der Waals surface area contributed by atoms with E-state index in [0.29, 0.717) is 6.54 Å². The van der Waals surface area contributed by atoms with Crippen molar-refractivity contribution in [1.29, 1.82) is 0 Å². The van der Waals surface area contributed by atoms with Crippen molar-refractivity contribution >= 4 is 5.69 Å². The molecule has 2 N–H and O–H groups in total. The predicted octanol–water partition coefficient (Wildman–Crippen LogP) is 2.50. The number of morpholine rings is 1. The number of anilines is 1. The van der Waals surface area contributed by atoms with Gasteiger partial charge in [-0.1, -0.05) is 17.7 Å². The molecule has 0 bridgehead atoms. The first-order valence-corrected chi connectivity index (χ1v) is 7.13. The third-order valence-electron chi connectivity index (χ3n) is 3.56. The average molecular weight is 262 g/mol. The summed E-state index contributed by atoms with van der Waals surface area (Å²) < 4.78 is 5.98. The van der Waals surface area contributed by atoms with Gasteiger partial charge in [-0.3, -0.25) is 0 Å². The van der Waals surface area contributed by atoms with E-state index in [-0.39, 0.29) is 11.7 Å². The van der Waals surface area contributed by atoms with Crippen LogP contribution in [0.4, 0.5) is 5.69 Å².